The van der Waals surface area contributed by atoms with Crippen LogP contribution in [0.2, 0.25) is 0 Å². The van der Waals surface area contributed by atoms with E-state index in [4.69, 9.17) is 18.9 Å². The summed E-state index contributed by atoms with van der Waals surface area (Å²) in [5, 5.41) is 15.6. The summed E-state index contributed by atoms with van der Waals surface area (Å²) in [7, 11) is 3.29. The van der Waals surface area contributed by atoms with Gasteiger partial charge >= 0.3 is 11.9 Å². The lowest BCUT2D eigenvalue weighted by Crippen LogP contribution is -2.61. The molecular weight excluding hydrogens is 645 g/mol. The van der Waals surface area contributed by atoms with Gasteiger partial charge in [-0.2, -0.15) is 22.7 Å². The predicted octanol–water partition coefficient (Wildman–Crippen LogP) is 6.29. The zero-order valence-electron chi connectivity index (χ0n) is 27.7. The van der Waals surface area contributed by atoms with Crippen molar-refractivity contribution in [2.24, 2.45) is 0 Å². The van der Waals surface area contributed by atoms with Crippen LogP contribution in [0.1, 0.15) is 70.2 Å². The van der Waals surface area contributed by atoms with E-state index in [1.165, 1.54) is 0 Å². The third-order valence-corrected chi connectivity index (χ3v) is 12.6. The van der Waals surface area contributed by atoms with E-state index >= 15 is 0 Å². The standard InChI is InChI=1S/C38H40N2O6S2/c1-23-17-25-5-13-39-37(29(25)19-31(23)43-3,35(9-10-35)27-7-15-47-21-27)45-33(41)34(42)46-38(36(11-12-36)28-8-16-48-22-28)30-20-32(44-4)24(2)18-26(30)6-14-40-38/h7-8,15-22,39-40H,5-6,9-14H2,1-4H3. The maximum absolute atomic E-state index is 14.4. The Kier molecular flexibility index (Phi) is 7.52. The molecule has 0 radical (unpaired) electrons. The van der Waals surface area contributed by atoms with Gasteiger partial charge in [-0.05, 0) is 132 Å². The van der Waals surface area contributed by atoms with Crippen molar-refractivity contribution < 1.29 is 28.5 Å². The molecule has 2 aromatic heterocycles. The van der Waals surface area contributed by atoms with Crippen LogP contribution < -0.4 is 20.1 Å². The number of esters is 2. The summed E-state index contributed by atoms with van der Waals surface area (Å²) < 4.78 is 24.7. The topological polar surface area (TPSA) is 95.1 Å². The van der Waals surface area contributed by atoms with E-state index in [0.717, 1.165) is 83.0 Å². The maximum atomic E-state index is 14.4. The smallest absolute Gasteiger partial charge is 0.419 e. The van der Waals surface area contributed by atoms with Crippen molar-refractivity contribution in [2.45, 2.75) is 74.7 Å². The fourth-order valence-electron chi connectivity index (χ4n) is 8.55. The number of fused-ring (bicyclic) bond motifs is 2. The lowest BCUT2D eigenvalue weighted by Gasteiger charge is -2.47. The summed E-state index contributed by atoms with van der Waals surface area (Å²) in [6.45, 7) is 5.22. The fraction of sp³-hybridized carbons (Fsp3) is 0.421. The Labute approximate surface area is 288 Å². The summed E-state index contributed by atoms with van der Waals surface area (Å²) in [6, 6.07) is 12.4. The Morgan fingerprint density at radius 1 is 0.667 bits per heavy atom. The molecule has 2 atom stereocenters. The number of hydrogen-bond acceptors (Lipinski definition) is 10. The normalized spacial score (nSPS) is 24.5. The fourth-order valence-corrected chi connectivity index (χ4v) is 10.1. The van der Waals surface area contributed by atoms with Crippen LogP contribution in [-0.4, -0.2) is 39.2 Å². The molecule has 0 saturated heterocycles. The molecule has 4 aliphatic rings. The van der Waals surface area contributed by atoms with Gasteiger partial charge < -0.3 is 18.9 Å². The van der Waals surface area contributed by atoms with Crippen molar-refractivity contribution in [1.29, 1.82) is 0 Å². The molecule has 48 heavy (non-hydrogen) atoms. The van der Waals surface area contributed by atoms with Crippen molar-refractivity contribution in [2.75, 3.05) is 27.3 Å². The number of thiophene rings is 2. The van der Waals surface area contributed by atoms with Crippen molar-refractivity contribution >= 4 is 34.6 Å². The van der Waals surface area contributed by atoms with E-state index in [2.05, 4.69) is 45.7 Å². The average molecular weight is 685 g/mol. The van der Waals surface area contributed by atoms with E-state index in [0.29, 0.717) is 24.6 Å². The summed E-state index contributed by atoms with van der Waals surface area (Å²) in [4.78, 5) is 28.8. The number of rotatable bonds is 8. The van der Waals surface area contributed by atoms with Crippen LogP contribution in [0.3, 0.4) is 0 Å². The van der Waals surface area contributed by atoms with Crippen LogP contribution in [0, 0.1) is 13.8 Å². The van der Waals surface area contributed by atoms with Gasteiger partial charge in [0.05, 0.1) is 25.0 Å². The molecule has 8 rings (SSSR count). The second-order valence-electron chi connectivity index (χ2n) is 13.6. The van der Waals surface area contributed by atoms with Crippen LogP contribution in [0.5, 0.6) is 11.5 Å². The average Bonchev–Trinajstić information content (AvgIpc) is 3.95. The third kappa shape index (κ3) is 4.52. The van der Waals surface area contributed by atoms with Gasteiger partial charge in [0.1, 0.15) is 11.5 Å². The van der Waals surface area contributed by atoms with Crippen molar-refractivity contribution in [1.82, 2.24) is 10.6 Å². The lowest BCUT2D eigenvalue weighted by atomic mass is 9.76. The van der Waals surface area contributed by atoms with E-state index < -0.39 is 34.2 Å². The molecule has 2 fully saturated rings. The largest absolute Gasteiger partial charge is 0.496 e. The molecule has 2 N–H and O–H groups in total. The predicted molar refractivity (Wildman–Crippen MR) is 185 cm³/mol. The molecule has 2 saturated carbocycles. The Morgan fingerprint density at radius 2 is 1.08 bits per heavy atom. The molecule has 2 aliphatic heterocycles. The Bertz CT molecular complexity index is 1760. The highest BCUT2D eigenvalue weighted by molar-refractivity contribution is 7.08. The number of aryl methyl sites for hydroxylation is 2. The number of ether oxygens (including phenoxy) is 4. The minimum absolute atomic E-state index is 0.537. The first-order valence-corrected chi connectivity index (χ1v) is 18.5. The van der Waals surface area contributed by atoms with Crippen LogP contribution in [0.4, 0.5) is 0 Å². The summed E-state index contributed by atoms with van der Waals surface area (Å²) >= 11 is 3.22. The summed E-state index contributed by atoms with van der Waals surface area (Å²) in [5.41, 5.74) is 4.36. The molecule has 2 aromatic carbocycles. The third-order valence-electron chi connectivity index (χ3n) is 11.2. The quantitative estimate of drug-likeness (QED) is 0.165. The molecule has 0 amide bonds. The number of hydrogen-bond donors (Lipinski definition) is 2. The summed E-state index contributed by atoms with van der Waals surface area (Å²) in [5.74, 6) is -0.631. The molecule has 4 heterocycles. The van der Waals surface area contributed by atoms with Crippen molar-refractivity contribution in [3.63, 3.8) is 0 Å². The maximum Gasteiger partial charge on any atom is 0.419 e. The van der Waals surface area contributed by atoms with Gasteiger partial charge in [-0.25, -0.2) is 9.59 Å². The Hall–Kier alpha value is -3.70. The van der Waals surface area contributed by atoms with Gasteiger partial charge in [-0.1, -0.05) is 12.1 Å². The number of carbonyl (C=O) groups is 2. The van der Waals surface area contributed by atoms with E-state index in [1.54, 1.807) is 36.9 Å². The van der Waals surface area contributed by atoms with Crippen molar-refractivity contribution in [3.05, 3.63) is 102 Å². The molecule has 250 valence electrons. The molecule has 2 unspecified atom stereocenters. The van der Waals surface area contributed by atoms with Gasteiger partial charge in [0, 0.05) is 24.2 Å². The van der Waals surface area contributed by atoms with Gasteiger partial charge in [-0.3, -0.25) is 10.6 Å². The van der Waals surface area contributed by atoms with Crippen LogP contribution >= 0.6 is 22.7 Å². The molecule has 0 spiro atoms. The van der Waals surface area contributed by atoms with Crippen LogP contribution in [-0.2, 0) is 54.2 Å². The molecule has 4 aromatic rings. The second-order valence-corrected chi connectivity index (χ2v) is 15.2. The first kappa shape index (κ1) is 31.6. The van der Waals surface area contributed by atoms with Crippen molar-refractivity contribution in [3.8, 4) is 11.5 Å². The van der Waals surface area contributed by atoms with E-state index in [-0.39, 0.29) is 0 Å². The van der Waals surface area contributed by atoms with Gasteiger partial charge in [0.15, 0.2) is 0 Å². The van der Waals surface area contributed by atoms with E-state index in [9.17, 15) is 9.59 Å². The minimum atomic E-state index is -1.28. The Morgan fingerprint density at radius 3 is 1.42 bits per heavy atom. The van der Waals surface area contributed by atoms with E-state index in [1.807, 2.05) is 36.7 Å². The van der Waals surface area contributed by atoms with Gasteiger partial charge in [0.25, 0.3) is 0 Å². The molecule has 2 aliphatic carbocycles. The first-order valence-electron chi connectivity index (χ1n) is 16.6. The van der Waals surface area contributed by atoms with Crippen LogP contribution in [0.15, 0.2) is 57.9 Å². The number of benzene rings is 2. The number of nitrogens with one attached hydrogen (secondary N) is 2. The molecule has 10 heteroatoms. The highest BCUT2D eigenvalue weighted by Gasteiger charge is 2.68. The number of carbonyl (C=O) groups excluding carboxylic acids is 2. The molecule has 8 nitrogen and oxygen atoms in total. The SMILES string of the molecule is COc1cc2c(cc1C)CCNC2(OC(=O)C(=O)OC1(C2(c3ccsc3)CC2)NCCc2cc(C)c(OC)cc21)C1(c2ccsc2)CC1. The Balaban J connectivity index is 1.22. The zero-order valence-corrected chi connectivity index (χ0v) is 29.3. The summed E-state index contributed by atoms with van der Waals surface area (Å²) in [6.07, 6.45) is 4.72. The van der Waals surface area contributed by atoms with Crippen LogP contribution in [0.25, 0.3) is 0 Å². The van der Waals surface area contributed by atoms with Gasteiger partial charge in [-0.15, -0.1) is 0 Å². The number of methoxy groups -OCH3 is 2. The molecular formula is C38H40N2O6S2. The molecule has 0 bridgehead atoms. The monoisotopic (exact) mass is 684 g/mol. The zero-order chi connectivity index (χ0) is 33.3. The highest BCUT2D eigenvalue weighted by Crippen LogP contribution is 2.64. The lowest BCUT2D eigenvalue weighted by molar-refractivity contribution is -0.199. The highest BCUT2D eigenvalue weighted by atomic mass is 32.1. The first-order chi connectivity index (χ1) is 23.2. The minimum Gasteiger partial charge on any atom is -0.496 e. The second kappa shape index (κ2) is 11.4. The van der Waals surface area contributed by atoms with Gasteiger partial charge in [0.2, 0.25) is 11.4 Å².